The molecule has 1 heterocycles. The average molecular weight is 303 g/mol. The van der Waals surface area contributed by atoms with Crippen LogP contribution >= 0.6 is 0 Å². The van der Waals surface area contributed by atoms with E-state index in [0.717, 1.165) is 10.9 Å². The van der Waals surface area contributed by atoms with Crippen molar-refractivity contribution in [3.8, 4) is 0 Å². The lowest BCUT2D eigenvalue weighted by molar-refractivity contribution is -0.123. The molecule has 0 aliphatic rings. The lowest BCUT2D eigenvalue weighted by Crippen LogP contribution is -2.39. The summed E-state index contributed by atoms with van der Waals surface area (Å²) in [7, 11) is 1.38. The average Bonchev–Trinajstić information content (AvgIpc) is 2.91. The van der Waals surface area contributed by atoms with Crippen LogP contribution in [0.1, 0.15) is 17.3 Å². The highest BCUT2D eigenvalue weighted by molar-refractivity contribution is 6.05. The second-order valence-electron chi connectivity index (χ2n) is 4.55. The summed E-state index contributed by atoms with van der Waals surface area (Å²) < 4.78 is 6.88. The predicted octanol–water partition coefficient (Wildman–Crippen LogP) is 1.27. The molecule has 0 aliphatic heterocycles. The molecule has 0 aliphatic carbocycles. The third-order valence-corrected chi connectivity index (χ3v) is 3.16. The molecule has 0 unspecified atom stereocenters. The largest absolute Gasteiger partial charge is 0.452 e. The molecule has 22 heavy (non-hydrogen) atoms. The highest BCUT2D eigenvalue weighted by Gasteiger charge is 2.17. The van der Waals surface area contributed by atoms with Crippen molar-refractivity contribution >= 4 is 28.8 Å². The van der Waals surface area contributed by atoms with Crippen LogP contribution in [0.2, 0.25) is 0 Å². The Morgan fingerprint density at radius 1 is 1.23 bits per heavy atom. The first-order valence-corrected chi connectivity index (χ1v) is 6.83. The molecule has 0 fully saturated rings. The van der Waals surface area contributed by atoms with E-state index in [1.54, 1.807) is 6.20 Å². The summed E-state index contributed by atoms with van der Waals surface area (Å²) in [4.78, 5) is 34.5. The van der Waals surface area contributed by atoms with E-state index in [1.165, 1.54) is 7.05 Å². The third-order valence-electron chi connectivity index (χ3n) is 3.16. The lowest BCUT2D eigenvalue weighted by Gasteiger charge is -2.04. The van der Waals surface area contributed by atoms with Crippen molar-refractivity contribution in [1.82, 2.24) is 15.2 Å². The molecule has 0 atom stereocenters. The summed E-state index contributed by atoms with van der Waals surface area (Å²) >= 11 is 0. The summed E-state index contributed by atoms with van der Waals surface area (Å²) in [6, 6.07) is 6.80. The topological polar surface area (TPSA) is 89.4 Å². The SMILES string of the molecule is CCn1cc(C(=O)OCC(=O)NC(=O)NC)c2ccccc21. The van der Waals surface area contributed by atoms with Crippen molar-refractivity contribution in [2.24, 2.45) is 0 Å². The Hall–Kier alpha value is -2.83. The lowest BCUT2D eigenvalue weighted by atomic mass is 10.2. The van der Waals surface area contributed by atoms with E-state index in [-0.39, 0.29) is 0 Å². The van der Waals surface area contributed by atoms with Gasteiger partial charge >= 0.3 is 12.0 Å². The number of ether oxygens (including phenoxy) is 1. The maximum Gasteiger partial charge on any atom is 0.340 e. The molecule has 0 saturated carbocycles. The van der Waals surface area contributed by atoms with Gasteiger partial charge in [0.1, 0.15) is 0 Å². The fraction of sp³-hybridized carbons (Fsp3) is 0.267. The molecule has 1 aromatic carbocycles. The van der Waals surface area contributed by atoms with Crippen LogP contribution in [-0.4, -0.2) is 36.1 Å². The molecule has 3 amide bonds. The number of amides is 3. The Morgan fingerprint density at radius 2 is 1.95 bits per heavy atom. The Kier molecular flexibility index (Phi) is 4.77. The van der Waals surface area contributed by atoms with Gasteiger partial charge in [-0.05, 0) is 13.0 Å². The van der Waals surface area contributed by atoms with Crippen LogP contribution in [0.25, 0.3) is 10.9 Å². The molecule has 0 spiro atoms. The van der Waals surface area contributed by atoms with Crippen molar-refractivity contribution in [2.75, 3.05) is 13.7 Å². The number of benzene rings is 1. The monoisotopic (exact) mass is 303 g/mol. The second kappa shape index (κ2) is 6.75. The first-order chi connectivity index (χ1) is 10.6. The summed E-state index contributed by atoms with van der Waals surface area (Å²) in [5, 5.41) is 5.02. The van der Waals surface area contributed by atoms with Gasteiger partial charge in [0.25, 0.3) is 5.91 Å². The number of nitrogens with one attached hydrogen (secondary N) is 2. The van der Waals surface area contributed by atoms with Crippen LogP contribution in [-0.2, 0) is 16.1 Å². The molecular weight excluding hydrogens is 286 g/mol. The Morgan fingerprint density at radius 3 is 2.64 bits per heavy atom. The summed E-state index contributed by atoms with van der Waals surface area (Å²) in [6.07, 6.45) is 1.70. The van der Waals surface area contributed by atoms with Crippen LogP contribution in [0.5, 0.6) is 0 Å². The molecule has 0 bridgehead atoms. The van der Waals surface area contributed by atoms with Crippen LogP contribution in [0.3, 0.4) is 0 Å². The van der Waals surface area contributed by atoms with Gasteiger partial charge in [-0.1, -0.05) is 18.2 Å². The van der Waals surface area contributed by atoms with Crippen molar-refractivity contribution in [1.29, 1.82) is 0 Å². The van der Waals surface area contributed by atoms with Crippen molar-refractivity contribution < 1.29 is 19.1 Å². The minimum atomic E-state index is -0.688. The van der Waals surface area contributed by atoms with Gasteiger partial charge in [0.15, 0.2) is 6.61 Å². The Labute approximate surface area is 127 Å². The first-order valence-electron chi connectivity index (χ1n) is 6.83. The van der Waals surface area contributed by atoms with Crippen LogP contribution < -0.4 is 10.6 Å². The van der Waals surface area contributed by atoms with Crippen LogP contribution in [0.15, 0.2) is 30.5 Å². The maximum atomic E-state index is 12.1. The number of para-hydroxylation sites is 1. The second-order valence-corrected chi connectivity index (χ2v) is 4.55. The fourth-order valence-electron chi connectivity index (χ4n) is 2.11. The van der Waals surface area contributed by atoms with E-state index in [9.17, 15) is 14.4 Å². The number of aromatic nitrogens is 1. The van der Waals surface area contributed by atoms with Gasteiger partial charge in [0.2, 0.25) is 0 Å². The molecule has 2 rings (SSSR count). The third kappa shape index (κ3) is 3.25. The van der Waals surface area contributed by atoms with Crippen LogP contribution in [0, 0.1) is 0 Å². The molecule has 0 saturated heterocycles. The molecule has 7 nitrogen and oxygen atoms in total. The van der Waals surface area contributed by atoms with Gasteiger partial charge in [0.05, 0.1) is 5.56 Å². The van der Waals surface area contributed by atoms with E-state index in [4.69, 9.17) is 4.74 Å². The Balaban J connectivity index is 2.10. The molecular formula is C15H17N3O4. The number of hydrogen-bond acceptors (Lipinski definition) is 4. The predicted molar refractivity (Wildman–Crippen MR) is 80.5 cm³/mol. The van der Waals surface area contributed by atoms with Crippen molar-refractivity contribution in [2.45, 2.75) is 13.5 Å². The van der Waals surface area contributed by atoms with Crippen molar-refractivity contribution in [3.05, 3.63) is 36.0 Å². The zero-order valence-electron chi connectivity index (χ0n) is 12.4. The van der Waals surface area contributed by atoms with E-state index < -0.39 is 24.5 Å². The maximum absolute atomic E-state index is 12.1. The molecule has 116 valence electrons. The number of hydrogen-bond donors (Lipinski definition) is 2. The minimum Gasteiger partial charge on any atom is -0.452 e. The van der Waals surface area contributed by atoms with E-state index in [1.807, 2.05) is 41.1 Å². The van der Waals surface area contributed by atoms with Crippen molar-refractivity contribution in [3.63, 3.8) is 0 Å². The van der Waals surface area contributed by atoms with E-state index >= 15 is 0 Å². The number of carbonyl (C=O) groups is 3. The molecule has 1 aromatic heterocycles. The smallest absolute Gasteiger partial charge is 0.340 e. The number of esters is 1. The normalized spacial score (nSPS) is 10.3. The summed E-state index contributed by atoms with van der Waals surface area (Å²) in [5.74, 6) is -1.29. The number of fused-ring (bicyclic) bond motifs is 1. The van der Waals surface area contributed by atoms with Gasteiger partial charge in [-0.15, -0.1) is 0 Å². The van der Waals surface area contributed by atoms with Gasteiger partial charge in [0, 0.05) is 30.7 Å². The number of aryl methyl sites for hydroxylation is 1. The molecule has 7 heteroatoms. The molecule has 2 N–H and O–H groups in total. The zero-order valence-corrected chi connectivity index (χ0v) is 12.4. The van der Waals surface area contributed by atoms with Gasteiger partial charge < -0.3 is 14.6 Å². The van der Waals surface area contributed by atoms with Gasteiger partial charge in [-0.2, -0.15) is 0 Å². The first kappa shape index (κ1) is 15.6. The highest BCUT2D eigenvalue weighted by Crippen LogP contribution is 2.21. The minimum absolute atomic E-state index is 0.394. The highest BCUT2D eigenvalue weighted by atomic mass is 16.5. The quantitative estimate of drug-likeness (QED) is 0.832. The standard InChI is InChI=1S/C15H17N3O4/c1-3-18-8-11(10-6-4-5-7-12(10)18)14(20)22-9-13(19)17-15(21)16-2/h4-8H,3,9H2,1-2H3,(H2,16,17,19,21). The molecule has 0 radical (unpaired) electrons. The van der Waals surface area contributed by atoms with Crippen LogP contribution in [0.4, 0.5) is 4.79 Å². The summed E-state index contributed by atoms with van der Waals surface area (Å²) in [6.45, 7) is 2.17. The van der Waals surface area contributed by atoms with E-state index in [0.29, 0.717) is 12.1 Å². The number of imide groups is 1. The zero-order chi connectivity index (χ0) is 16.1. The molecule has 2 aromatic rings. The van der Waals surface area contributed by atoms with Gasteiger partial charge in [-0.3, -0.25) is 10.1 Å². The number of nitrogens with zero attached hydrogens (tertiary/aromatic N) is 1. The Bertz CT molecular complexity index is 721. The summed E-state index contributed by atoms with van der Waals surface area (Å²) in [5.41, 5.74) is 1.32. The fourth-order valence-corrected chi connectivity index (χ4v) is 2.11. The number of rotatable bonds is 4. The number of urea groups is 1. The number of carbonyl (C=O) groups excluding carboxylic acids is 3. The van der Waals surface area contributed by atoms with E-state index in [2.05, 4.69) is 5.32 Å². The van der Waals surface area contributed by atoms with Gasteiger partial charge in [-0.25, -0.2) is 9.59 Å².